The Morgan fingerprint density at radius 3 is 2.75 bits per heavy atom. The quantitative estimate of drug-likeness (QED) is 0.484. The van der Waals surface area contributed by atoms with Crippen LogP contribution in [-0.4, -0.2) is 19.7 Å². The smallest absolute Gasteiger partial charge is 0.191 e. The molecule has 1 fully saturated rings. The Morgan fingerprint density at radius 2 is 2.00 bits per heavy atom. The molecule has 0 bridgehead atoms. The SMILES string of the molecule is Cc1ccc2cc(CSc3nnc(C)n3C3CC3)c(Cl)nc2c1C. The van der Waals surface area contributed by atoms with Crippen molar-refractivity contribution < 1.29 is 0 Å². The van der Waals surface area contributed by atoms with E-state index in [1.807, 2.05) is 6.92 Å². The molecule has 2 aromatic heterocycles. The van der Waals surface area contributed by atoms with Crippen LogP contribution >= 0.6 is 23.4 Å². The summed E-state index contributed by atoms with van der Waals surface area (Å²) in [6.07, 6.45) is 2.45. The van der Waals surface area contributed by atoms with Crippen molar-refractivity contribution in [2.24, 2.45) is 0 Å². The van der Waals surface area contributed by atoms with Crippen LogP contribution in [0.1, 0.15) is 41.4 Å². The molecule has 0 atom stereocenters. The largest absolute Gasteiger partial charge is 0.303 e. The van der Waals surface area contributed by atoms with E-state index >= 15 is 0 Å². The number of aromatic nitrogens is 4. The maximum Gasteiger partial charge on any atom is 0.191 e. The van der Waals surface area contributed by atoms with E-state index in [0.29, 0.717) is 11.2 Å². The van der Waals surface area contributed by atoms with Gasteiger partial charge in [-0.2, -0.15) is 0 Å². The molecule has 4 nitrogen and oxygen atoms in total. The first kappa shape index (κ1) is 15.9. The summed E-state index contributed by atoms with van der Waals surface area (Å²) in [5, 5.41) is 11.2. The highest BCUT2D eigenvalue weighted by Crippen LogP contribution is 2.39. The number of pyridine rings is 1. The second kappa shape index (κ2) is 6.05. The van der Waals surface area contributed by atoms with Crippen LogP contribution in [0.4, 0.5) is 0 Å². The third kappa shape index (κ3) is 2.80. The van der Waals surface area contributed by atoms with Crippen LogP contribution < -0.4 is 0 Å². The van der Waals surface area contributed by atoms with Crippen LogP contribution in [0.2, 0.25) is 5.15 Å². The molecule has 0 unspecified atom stereocenters. The van der Waals surface area contributed by atoms with Crippen molar-refractivity contribution in [3.8, 4) is 0 Å². The van der Waals surface area contributed by atoms with Gasteiger partial charge in [0, 0.05) is 22.7 Å². The van der Waals surface area contributed by atoms with Crippen molar-refractivity contribution in [3.63, 3.8) is 0 Å². The summed E-state index contributed by atoms with van der Waals surface area (Å²) in [5.74, 6) is 1.74. The highest BCUT2D eigenvalue weighted by molar-refractivity contribution is 7.98. The number of nitrogens with zero attached hydrogens (tertiary/aromatic N) is 4. The second-order valence-electron chi connectivity index (χ2n) is 6.44. The van der Waals surface area contributed by atoms with Crippen molar-refractivity contribution in [3.05, 3.63) is 45.9 Å². The Labute approximate surface area is 150 Å². The van der Waals surface area contributed by atoms with E-state index in [0.717, 1.165) is 33.2 Å². The monoisotopic (exact) mass is 358 g/mol. The zero-order chi connectivity index (χ0) is 16.8. The molecule has 1 aromatic carbocycles. The Morgan fingerprint density at radius 1 is 1.21 bits per heavy atom. The summed E-state index contributed by atoms with van der Waals surface area (Å²) in [6.45, 7) is 6.21. The van der Waals surface area contributed by atoms with Crippen LogP contribution in [0.5, 0.6) is 0 Å². The van der Waals surface area contributed by atoms with Crippen molar-refractivity contribution in [2.75, 3.05) is 0 Å². The van der Waals surface area contributed by atoms with Gasteiger partial charge in [-0.1, -0.05) is 35.5 Å². The molecule has 24 heavy (non-hydrogen) atoms. The molecule has 6 heteroatoms. The third-order valence-corrected chi connectivity index (χ3v) is 5.96. The Bertz CT molecular complexity index is 930. The van der Waals surface area contributed by atoms with Gasteiger partial charge in [-0.25, -0.2) is 4.98 Å². The van der Waals surface area contributed by atoms with Crippen LogP contribution in [-0.2, 0) is 5.75 Å². The van der Waals surface area contributed by atoms with E-state index in [1.54, 1.807) is 11.8 Å². The average molecular weight is 359 g/mol. The minimum atomic E-state index is 0.581. The zero-order valence-corrected chi connectivity index (χ0v) is 15.6. The van der Waals surface area contributed by atoms with Gasteiger partial charge in [0.25, 0.3) is 0 Å². The minimum Gasteiger partial charge on any atom is -0.303 e. The van der Waals surface area contributed by atoms with Gasteiger partial charge in [-0.3, -0.25) is 0 Å². The number of halogens is 1. The highest BCUT2D eigenvalue weighted by Gasteiger charge is 2.28. The zero-order valence-electron chi connectivity index (χ0n) is 14.0. The van der Waals surface area contributed by atoms with Crippen molar-refractivity contribution in [1.82, 2.24) is 19.7 Å². The van der Waals surface area contributed by atoms with E-state index in [-0.39, 0.29) is 0 Å². The molecule has 0 N–H and O–H groups in total. The normalized spacial score (nSPS) is 14.5. The van der Waals surface area contributed by atoms with Gasteiger partial charge in [0.05, 0.1) is 5.52 Å². The van der Waals surface area contributed by atoms with Crippen LogP contribution in [0, 0.1) is 20.8 Å². The molecule has 1 aliphatic rings. The summed E-state index contributed by atoms with van der Waals surface area (Å²) in [7, 11) is 0. The molecular weight excluding hydrogens is 340 g/mol. The molecule has 0 spiro atoms. The Hall–Kier alpha value is -1.59. The van der Waals surface area contributed by atoms with Gasteiger partial charge in [0.1, 0.15) is 11.0 Å². The predicted octanol–water partition coefficient (Wildman–Crippen LogP) is 5.03. The maximum atomic E-state index is 6.45. The molecule has 0 aliphatic heterocycles. The van der Waals surface area contributed by atoms with Crippen molar-refractivity contribution in [2.45, 2.75) is 50.6 Å². The summed E-state index contributed by atoms with van der Waals surface area (Å²) < 4.78 is 2.25. The number of benzene rings is 1. The first-order valence-corrected chi connectivity index (χ1v) is 9.50. The van der Waals surface area contributed by atoms with E-state index < -0.39 is 0 Å². The fourth-order valence-electron chi connectivity index (χ4n) is 2.95. The summed E-state index contributed by atoms with van der Waals surface area (Å²) in [5.41, 5.74) is 4.46. The third-order valence-electron chi connectivity index (χ3n) is 4.64. The number of thioether (sulfide) groups is 1. The van der Waals surface area contributed by atoms with Gasteiger partial charge in [-0.05, 0) is 50.8 Å². The molecule has 2 heterocycles. The van der Waals surface area contributed by atoms with E-state index in [1.165, 1.54) is 24.0 Å². The molecule has 0 radical (unpaired) electrons. The average Bonchev–Trinajstić information content (AvgIpc) is 3.33. The fourth-order valence-corrected chi connectivity index (χ4v) is 4.26. The van der Waals surface area contributed by atoms with E-state index in [9.17, 15) is 0 Å². The molecule has 124 valence electrons. The first-order chi connectivity index (χ1) is 11.5. The van der Waals surface area contributed by atoms with E-state index in [4.69, 9.17) is 11.6 Å². The molecule has 0 amide bonds. The maximum absolute atomic E-state index is 6.45. The highest BCUT2D eigenvalue weighted by atomic mass is 35.5. The fraction of sp³-hybridized carbons (Fsp3) is 0.389. The molecule has 1 aliphatic carbocycles. The number of rotatable bonds is 4. The van der Waals surface area contributed by atoms with Gasteiger partial charge < -0.3 is 4.57 Å². The predicted molar refractivity (Wildman–Crippen MR) is 98.8 cm³/mol. The summed E-state index contributed by atoms with van der Waals surface area (Å²) >= 11 is 8.13. The lowest BCUT2D eigenvalue weighted by Crippen LogP contribution is -1.99. The number of hydrogen-bond donors (Lipinski definition) is 0. The lowest BCUT2D eigenvalue weighted by Gasteiger charge is -2.10. The van der Waals surface area contributed by atoms with Crippen molar-refractivity contribution in [1.29, 1.82) is 0 Å². The standard InChI is InChI=1S/C18H19ClN4S/c1-10-4-5-13-8-14(17(19)20-16(13)11(10)2)9-24-18-22-21-12(3)23(18)15-6-7-15/h4-5,8,15H,6-7,9H2,1-3H3. The van der Waals surface area contributed by atoms with Gasteiger partial charge >= 0.3 is 0 Å². The topological polar surface area (TPSA) is 43.6 Å². The summed E-state index contributed by atoms with van der Waals surface area (Å²) in [6, 6.07) is 6.98. The Balaban J connectivity index is 1.63. The van der Waals surface area contributed by atoms with Gasteiger partial charge in [-0.15, -0.1) is 10.2 Å². The number of fused-ring (bicyclic) bond motifs is 1. The molecular formula is C18H19ClN4S. The Kier molecular flexibility index (Phi) is 4.01. The van der Waals surface area contributed by atoms with Gasteiger partial charge in [0.15, 0.2) is 5.16 Å². The number of aryl methyl sites for hydroxylation is 3. The molecule has 0 saturated heterocycles. The van der Waals surface area contributed by atoms with Crippen LogP contribution in [0.3, 0.4) is 0 Å². The van der Waals surface area contributed by atoms with E-state index in [2.05, 4.69) is 51.8 Å². The first-order valence-electron chi connectivity index (χ1n) is 8.14. The van der Waals surface area contributed by atoms with Crippen LogP contribution in [0.25, 0.3) is 10.9 Å². The summed E-state index contributed by atoms with van der Waals surface area (Å²) in [4.78, 5) is 4.63. The lowest BCUT2D eigenvalue weighted by atomic mass is 10.0. The van der Waals surface area contributed by atoms with Crippen LogP contribution in [0.15, 0.2) is 23.4 Å². The minimum absolute atomic E-state index is 0.581. The second-order valence-corrected chi connectivity index (χ2v) is 7.74. The van der Waals surface area contributed by atoms with Gasteiger partial charge in [0.2, 0.25) is 0 Å². The van der Waals surface area contributed by atoms with Crippen molar-refractivity contribution >= 4 is 34.3 Å². The molecule has 4 rings (SSSR count). The number of hydrogen-bond acceptors (Lipinski definition) is 4. The lowest BCUT2D eigenvalue weighted by molar-refractivity contribution is 0.644. The molecule has 1 saturated carbocycles. The molecule has 3 aromatic rings.